The number of anilines is 1. The van der Waals surface area contributed by atoms with Crippen LogP contribution in [0.3, 0.4) is 0 Å². The Morgan fingerprint density at radius 2 is 1.81 bits per heavy atom. The maximum absolute atomic E-state index is 15.4. The summed E-state index contributed by atoms with van der Waals surface area (Å²) in [5, 5.41) is 20.5. The van der Waals surface area contributed by atoms with Crippen LogP contribution >= 0.6 is 19.0 Å². The van der Waals surface area contributed by atoms with Crippen molar-refractivity contribution in [3.63, 3.8) is 0 Å². The van der Waals surface area contributed by atoms with E-state index in [1.54, 1.807) is 0 Å². The molecule has 0 amide bonds. The SMILES string of the molecule is C[C@@]1(O)[C@@H](COP(=O)(S)O[C@@H]2[C@H](F)[C@@H](CO)O[C@H]2n2cnc3c(=O)[nH]c(N)nc32)O[C@H](n2cnc3c(=O)[nH]cnc32)[C@@H]1F. The summed E-state index contributed by atoms with van der Waals surface area (Å²) in [6.45, 7) is -4.95. The number of nitrogen functional groups attached to an aromatic ring is 1. The molecule has 6 N–H and O–H groups in total. The molecule has 2 fully saturated rings. The van der Waals surface area contributed by atoms with Crippen LogP contribution in [-0.4, -0.2) is 98.7 Å². The molecule has 9 atom stereocenters. The number of rotatable bonds is 8. The van der Waals surface area contributed by atoms with Gasteiger partial charge >= 0.3 is 6.80 Å². The lowest BCUT2D eigenvalue weighted by atomic mass is 9.96. The lowest BCUT2D eigenvalue weighted by Crippen LogP contribution is -2.44. The van der Waals surface area contributed by atoms with Gasteiger partial charge in [-0.3, -0.25) is 32.8 Å². The number of H-pyrrole nitrogens is 2. The van der Waals surface area contributed by atoms with E-state index in [1.165, 1.54) is 0 Å². The number of thiol groups is 1. The molecular weight excluding hydrogens is 623 g/mol. The molecule has 2 aliphatic rings. The van der Waals surface area contributed by atoms with Crippen LogP contribution < -0.4 is 16.9 Å². The topological polar surface area (TPSA) is 248 Å². The standard InChI is InChI=1S/C21H24F2N9O9PS/c1-21(36)8(40-19(13(21)23)31-5-27-10-14(31)25-4-26-16(10)34)3-38-42(37,43)41-12-9(22)7(2-33)39-18(12)32-6-28-11-15(32)29-20(24)30-17(11)35/h4-9,12-13,18-19,33,36H,2-3H2,1H3,(H,37,43)(H,25,26,34)(H3,24,29,30,35)/t7-,8-,9-,12-,13+,18-,19+,21-,42?/m1/s1. The number of nitrogens with two attached hydrogens (primary N) is 1. The Labute approximate surface area is 242 Å². The van der Waals surface area contributed by atoms with E-state index in [0.29, 0.717) is 0 Å². The van der Waals surface area contributed by atoms with Gasteiger partial charge in [-0.25, -0.2) is 28.3 Å². The van der Waals surface area contributed by atoms with Crippen LogP contribution in [0.5, 0.6) is 0 Å². The summed E-state index contributed by atoms with van der Waals surface area (Å²) < 4.78 is 68.2. The summed E-state index contributed by atoms with van der Waals surface area (Å²) in [6, 6.07) is 0. The molecule has 0 bridgehead atoms. The van der Waals surface area contributed by atoms with Gasteiger partial charge in [-0.05, 0) is 6.92 Å². The second-order valence-corrected chi connectivity index (χ2v) is 12.9. The minimum Gasteiger partial charge on any atom is -0.394 e. The Morgan fingerprint density at radius 1 is 1.14 bits per heavy atom. The van der Waals surface area contributed by atoms with Gasteiger partial charge in [0.25, 0.3) is 11.1 Å². The Morgan fingerprint density at radius 3 is 2.51 bits per heavy atom. The van der Waals surface area contributed by atoms with Crippen molar-refractivity contribution in [3.05, 3.63) is 39.7 Å². The van der Waals surface area contributed by atoms with E-state index >= 15 is 8.78 Å². The number of aromatic amines is 2. The zero-order chi connectivity index (χ0) is 30.8. The first kappa shape index (κ1) is 29.8. The molecule has 4 aromatic rings. The van der Waals surface area contributed by atoms with E-state index in [-0.39, 0.29) is 28.3 Å². The van der Waals surface area contributed by atoms with Crippen LogP contribution in [0.25, 0.3) is 22.3 Å². The number of aliphatic hydroxyl groups is 2. The number of imidazole rings is 2. The number of alkyl halides is 2. The predicted molar refractivity (Wildman–Crippen MR) is 143 cm³/mol. The summed E-state index contributed by atoms with van der Waals surface area (Å²) in [7, 11) is 0. The number of fused-ring (bicyclic) bond motifs is 2. The zero-order valence-electron chi connectivity index (χ0n) is 21.9. The van der Waals surface area contributed by atoms with Crippen LogP contribution in [0, 0.1) is 0 Å². The van der Waals surface area contributed by atoms with Gasteiger partial charge in [0.15, 0.2) is 47.1 Å². The van der Waals surface area contributed by atoms with Crippen molar-refractivity contribution in [2.24, 2.45) is 0 Å². The van der Waals surface area contributed by atoms with Gasteiger partial charge in [0.05, 0.1) is 32.2 Å². The average molecular weight is 648 g/mol. The zero-order valence-corrected chi connectivity index (χ0v) is 23.6. The number of nitrogens with one attached hydrogen (secondary N) is 2. The molecule has 2 saturated heterocycles. The van der Waals surface area contributed by atoms with E-state index in [1.807, 2.05) is 0 Å². The van der Waals surface area contributed by atoms with Crippen molar-refractivity contribution in [1.29, 1.82) is 0 Å². The van der Waals surface area contributed by atoms with E-state index in [2.05, 4.69) is 42.2 Å². The molecule has 1 unspecified atom stereocenters. The van der Waals surface area contributed by atoms with E-state index < -0.39 is 79.8 Å². The predicted octanol–water partition coefficient (Wildman–Crippen LogP) is -0.511. The largest absolute Gasteiger partial charge is 0.394 e. The highest BCUT2D eigenvalue weighted by atomic mass is 32.7. The molecule has 6 heterocycles. The highest BCUT2D eigenvalue weighted by molar-refractivity contribution is 8.44. The van der Waals surface area contributed by atoms with Crippen LogP contribution in [0.1, 0.15) is 19.4 Å². The lowest BCUT2D eigenvalue weighted by molar-refractivity contribution is -0.0749. The fourth-order valence-corrected chi connectivity index (χ4v) is 6.40. The van der Waals surface area contributed by atoms with E-state index in [0.717, 1.165) is 35.0 Å². The molecule has 6 rings (SSSR count). The first-order chi connectivity index (χ1) is 20.3. The first-order valence-corrected chi connectivity index (χ1v) is 15.2. The smallest absolute Gasteiger partial charge is 0.386 e. The van der Waals surface area contributed by atoms with Gasteiger partial charge in [0.2, 0.25) is 5.95 Å². The summed E-state index contributed by atoms with van der Waals surface area (Å²) in [6.07, 6.45) is -8.49. The van der Waals surface area contributed by atoms with Crippen molar-refractivity contribution in [2.45, 2.75) is 55.6 Å². The molecular formula is C21H24F2N9O9PS. The third kappa shape index (κ3) is 5.04. The quantitative estimate of drug-likeness (QED) is 0.104. The number of aliphatic hydroxyl groups excluding tert-OH is 1. The summed E-state index contributed by atoms with van der Waals surface area (Å²) >= 11 is 3.92. The van der Waals surface area contributed by atoms with Crippen molar-refractivity contribution in [3.8, 4) is 0 Å². The highest BCUT2D eigenvalue weighted by Crippen LogP contribution is 2.57. The van der Waals surface area contributed by atoms with Crippen molar-refractivity contribution in [1.82, 2.24) is 39.0 Å². The molecule has 0 radical (unpaired) electrons. The number of ether oxygens (including phenoxy) is 2. The van der Waals surface area contributed by atoms with Gasteiger partial charge < -0.3 is 30.4 Å². The first-order valence-electron chi connectivity index (χ1n) is 12.5. The molecule has 22 heteroatoms. The molecule has 4 aromatic heterocycles. The summed E-state index contributed by atoms with van der Waals surface area (Å²) in [5.41, 5.74) is 1.77. The minimum atomic E-state index is -4.53. The van der Waals surface area contributed by atoms with Crippen LogP contribution in [0.2, 0.25) is 0 Å². The molecule has 0 spiro atoms. The Bertz CT molecular complexity index is 1850. The molecule has 0 saturated carbocycles. The maximum atomic E-state index is 15.4. The second kappa shape index (κ2) is 10.7. The number of aromatic nitrogens is 8. The summed E-state index contributed by atoms with van der Waals surface area (Å²) in [4.78, 5) is 44.6. The lowest BCUT2D eigenvalue weighted by Gasteiger charge is -2.27. The minimum absolute atomic E-state index is 0.0121. The molecule has 232 valence electrons. The monoisotopic (exact) mass is 647 g/mol. The van der Waals surface area contributed by atoms with Crippen molar-refractivity contribution < 1.29 is 42.1 Å². The second-order valence-electron chi connectivity index (χ2n) is 10.0. The third-order valence-corrected chi connectivity index (χ3v) is 8.83. The van der Waals surface area contributed by atoms with Gasteiger partial charge in [0, 0.05) is 0 Å². The number of nitrogens with zero attached hydrogens (tertiary/aromatic N) is 6. The van der Waals surface area contributed by atoms with Gasteiger partial charge in [0.1, 0.15) is 23.9 Å². The molecule has 18 nitrogen and oxygen atoms in total. The van der Waals surface area contributed by atoms with Gasteiger partial charge in [-0.15, -0.1) is 0 Å². The van der Waals surface area contributed by atoms with Gasteiger partial charge in [-0.2, -0.15) is 4.98 Å². The maximum Gasteiger partial charge on any atom is 0.386 e. The molecule has 43 heavy (non-hydrogen) atoms. The molecule has 0 aromatic carbocycles. The van der Waals surface area contributed by atoms with Crippen LogP contribution in [0.4, 0.5) is 14.7 Å². The van der Waals surface area contributed by atoms with Crippen LogP contribution in [0.15, 0.2) is 28.6 Å². The Kier molecular flexibility index (Phi) is 7.40. The third-order valence-electron chi connectivity index (χ3n) is 7.22. The normalized spacial score (nSPS) is 32.6. The van der Waals surface area contributed by atoms with E-state index in [4.69, 9.17) is 24.3 Å². The number of halogens is 2. The summed E-state index contributed by atoms with van der Waals surface area (Å²) in [5.74, 6) is -0.271. The Hall–Kier alpha value is -3.30. The van der Waals surface area contributed by atoms with Crippen molar-refractivity contribution >= 4 is 47.3 Å². The fourth-order valence-electron chi connectivity index (χ4n) is 4.96. The molecule has 0 aliphatic carbocycles. The van der Waals surface area contributed by atoms with Crippen molar-refractivity contribution in [2.75, 3.05) is 18.9 Å². The molecule has 2 aliphatic heterocycles. The van der Waals surface area contributed by atoms with E-state index in [9.17, 15) is 24.4 Å². The van der Waals surface area contributed by atoms with Crippen LogP contribution in [-0.2, 0) is 23.1 Å². The number of hydrogen-bond donors (Lipinski definition) is 6. The van der Waals surface area contributed by atoms with Gasteiger partial charge in [-0.1, -0.05) is 12.2 Å². The number of hydrogen-bond acceptors (Lipinski definition) is 14. The average Bonchev–Trinajstić information content (AvgIpc) is 3.68. The fraction of sp³-hybridized carbons (Fsp3) is 0.524. The Balaban J connectivity index is 1.21. The highest BCUT2D eigenvalue weighted by Gasteiger charge is 2.56.